The average Bonchev–Trinajstić information content (AvgIpc) is 2.81. The molecule has 0 saturated carbocycles. The number of phenols is 1. The second kappa shape index (κ2) is 8.48. The first-order valence-corrected chi connectivity index (χ1v) is 9.17. The fraction of sp³-hybridized carbons (Fsp3) is 0.0870. The van der Waals surface area contributed by atoms with Gasteiger partial charge in [0.1, 0.15) is 11.5 Å². The van der Waals surface area contributed by atoms with E-state index < -0.39 is 0 Å². The van der Waals surface area contributed by atoms with Crippen LogP contribution >= 0.6 is 0 Å². The van der Waals surface area contributed by atoms with Crippen LogP contribution in [0, 0.1) is 0 Å². The summed E-state index contributed by atoms with van der Waals surface area (Å²) in [5, 5.41) is 11.0. The Balaban J connectivity index is 1.84. The molecule has 3 aromatic carbocycles. The molecular formula is C23H19N3O4. The van der Waals surface area contributed by atoms with Crippen molar-refractivity contribution in [2.45, 2.75) is 0 Å². The van der Waals surface area contributed by atoms with Gasteiger partial charge in [-0.1, -0.05) is 60.7 Å². The molecule has 4 rings (SSSR count). The number of nitrogens with zero attached hydrogens (tertiary/aromatic N) is 3. The lowest BCUT2D eigenvalue weighted by Crippen LogP contribution is -2.01. The third-order valence-electron chi connectivity index (χ3n) is 4.40. The Morgan fingerprint density at radius 2 is 1.07 bits per heavy atom. The second-order valence-electron chi connectivity index (χ2n) is 6.29. The summed E-state index contributed by atoms with van der Waals surface area (Å²) < 4.78 is 16.1. The number of phenolic OH excluding ortho intramolecular Hbond substituents is 1. The van der Waals surface area contributed by atoms with E-state index >= 15 is 0 Å². The minimum Gasteiger partial charge on any atom is -0.507 e. The molecule has 4 aromatic rings. The van der Waals surface area contributed by atoms with Crippen LogP contribution in [0.3, 0.4) is 0 Å². The van der Waals surface area contributed by atoms with E-state index in [4.69, 9.17) is 14.2 Å². The van der Waals surface area contributed by atoms with Gasteiger partial charge in [0.05, 0.1) is 14.2 Å². The summed E-state index contributed by atoms with van der Waals surface area (Å²) in [6.07, 6.45) is 0. The summed E-state index contributed by atoms with van der Waals surface area (Å²) >= 11 is 0. The van der Waals surface area contributed by atoms with Crippen LogP contribution in [0.25, 0.3) is 22.3 Å². The number of aromatic nitrogens is 3. The van der Waals surface area contributed by atoms with Crippen molar-refractivity contribution in [2.24, 2.45) is 0 Å². The zero-order valence-corrected chi connectivity index (χ0v) is 16.4. The molecule has 1 aromatic heterocycles. The van der Waals surface area contributed by atoms with Gasteiger partial charge in [-0.2, -0.15) is 0 Å². The lowest BCUT2D eigenvalue weighted by molar-refractivity contribution is 0.320. The van der Waals surface area contributed by atoms with Crippen molar-refractivity contribution in [3.63, 3.8) is 0 Å². The van der Waals surface area contributed by atoms with Crippen molar-refractivity contribution in [3.05, 3.63) is 72.8 Å². The first-order valence-electron chi connectivity index (χ1n) is 9.17. The monoisotopic (exact) mass is 401 g/mol. The van der Waals surface area contributed by atoms with E-state index in [0.29, 0.717) is 16.9 Å². The largest absolute Gasteiger partial charge is 0.507 e. The molecule has 0 bridgehead atoms. The Morgan fingerprint density at radius 3 is 1.50 bits per heavy atom. The van der Waals surface area contributed by atoms with Crippen LogP contribution in [0.2, 0.25) is 0 Å². The van der Waals surface area contributed by atoms with Crippen LogP contribution in [-0.4, -0.2) is 34.3 Å². The number of ether oxygens (including phenoxy) is 3. The fourth-order valence-electron chi connectivity index (χ4n) is 3.00. The van der Waals surface area contributed by atoms with Crippen LogP contribution in [0.1, 0.15) is 0 Å². The SMILES string of the molecule is COc1nc(OC)nc(Oc2cc(-c3ccccc3)c(O)c(-c3ccccc3)c2)n1. The molecule has 1 N–H and O–H groups in total. The lowest BCUT2D eigenvalue weighted by atomic mass is 9.97. The molecule has 0 fully saturated rings. The highest BCUT2D eigenvalue weighted by Crippen LogP contribution is 2.42. The van der Waals surface area contributed by atoms with Crippen molar-refractivity contribution in [1.29, 1.82) is 0 Å². The number of rotatable bonds is 6. The summed E-state index contributed by atoms with van der Waals surface area (Å²) in [6, 6.07) is 22.8. The van der Waals surface area contributed by atoms with Crippen LogP contribution in [0.15, 0.2) is 72.8 Å². The van der Waals surface area contributed by atoms with E-state index in [2.05, 4.69) is 15.0 Å². The van der Waals surface area contributed by atoms with E-state index in [0.717, 1.165) is 11.1 Å². The van der Waals surface area contributed by atoms with Gasteiger partial charge in [-0.05, 0) is 23.3 Å². The van der Waals surface area contributed by atoms with Gasteiger partial charge in [-0.25, -0.2) is 0 Å². The molecule has 0 aliphatic carbocycles. The van der Waals surface area contributed by atoms with Crippen LogP contribution in [0.5, 0.6) is 29.5 Å². The third kappa shape index (κ3) is 4.00. The van der Waals surface area contributed by atoms with Crippen molar-refractivity contribution in [3.8, 4) is 51.8 Å². The molecule has 0 atom stereocenters. The van der Waals surface area contributed by atoms with E-state index in [-0.39, 0.29) is 23.8 Å². The Morgan fingerprint density at radius 1 is 0.633 bits per heavy atom. The van der Waals surface area contributed by atoms with Crippen molar-refractivity contribution in [1.82, 2.24) is 15.0 Å². The van der Waals surface area contributed by atoms with E-state index in [1.54, 1.807) is 12.1 Å². The van der Waals surface area contributed by atoms with E-state index in [1.165, 1.54) is 14.2 Å². The Hall–Kier alpha value is -4.13. The molecule has 0 unspecified atom stereocenters. The van der Waals surface area contributed by atoms with Gasteiger partial charge in [0.25, 0.3) is 0 Å². The molecule has 0 aliphatic heterocycles. The minimum absolute atomic E-state index is 0.0161. The summed E-state index contributed by atoms with van der Waals surface area (Å²) in [7, 11) is 2.89. The molecule has 0 radical (unpaired) electrons. The van der Waals surface area contributed by atoms with Gasteiger partial charge in [-0.15, -0.1) is 15.0 Å². The highest BCUT2D eigenvalue weighted by atomic mass is 16.5. The highest BCUT2D eigenvalue weighted by molar-refractivity contribution is 5.83. The van der Waals surface area contributed by atoms with Gasteiger partial charge in [0, 0.05) is 11.1 Å². The zero-order valence-electron chi connectivity index (χ0n) is 16.4. The molecule has 7 heteroatoms. The lowest BCUT2D eigenvalue weighted by Gasteiger charge is -2.14. The quantitative estimate of drug-likeness (QED) is 0.500. The topological polar surface area (TPSA) is 86.6 Å². The van der Waals surface area contributed by atoms with Crippen LogP contribution in [0.4, 0.5) is 0 Å². The molecule has 0 aliphatic rings. The number of benzene rings is 3. The predicted molar refractivity (Wildman–Crippen MR) is 112 cm³/mol. The highest BCUT2D eigenvalue weighted by Gasteiger charge is 2.16. The first kappa shape index (κ1) is 19.2. The van der Waals surface area contributed by atoms with Crippen molar-refractivity contribution >= 4 is 0 Å². The van der Waals surface area contributed by atoms with Gasteiger partial charge >= 0.3 is 18.0 Å². The number of hydrogen-bond acceptors (Lipinski definition) is 7. The smallest absolute Gasteiger partial charge is 0.331 e. The Bertz CT molecular complexity index is 1070. The summed E-state index contributed by atoms with van der Waals surface area (Å²) in [6.45, 7) is 0. The Kier molecular flexibility index (Phi) is 5.43. The molecule has 0 spiro atoms. The normalized spacial score (nSPS) is 10.5. The molecular weight excluding hydrogens is 382 g/mol. The molecule has 0 amide bonds. The average molecular weight is 401 g/mol. The molecule has 150 valence electrons. The van der Waals surface area contributed by atoms with Crippen molar-refractivity contribution in [2.75, 3.05) is 14.2 Å². The number of hydrogen-bond donors (Lipinski definition) is 1. The van der Waals surface area contributed by atoms with Gasteiger partial charge in [0.15, 0.2) is 0 Å². The van der Waals surface area contributed by atoms with Crippen molar-refractivity contribution < 1.29 is 19.3 Å². The maximum absolute atomic E-state index is 11.0. The molecule has 7 nitrogen and oxygen atoms in total. The number of aromatic hydroxyl groups is 1. The summed E-state index contributed by atoms with van der Waals surface area (Å²) in [5.74, 6) is 0.603. The predicted octanol–water partition coefficient (Wildman–Crippen LogP) is 4.72. The summed E-state index contributed by atoms with van der Waals surface area (Å²) in [5.41, 5.74) is 2.95. The van der Waals surface area contributed by atoms with Gasteiger partial charge in [0.2, 0.25) is 0 Å². The number of methoxy groups -OCH3 is 2. The molecule has 30 heavy (non-hydrogen) atoms. The molecule has 0 saturated heterocycles. The first-order chi connectivity index (χ1) is 14.7. The Labute approximate surface area is 173 Å². The van der Waals surface area contributed by atoms with Gasteiger partial charge < -0.3 is 19.3 Å². The maximum Gasteiger partial charge on any atom is 0.331 e. The second-order valence-corrected chi connectivity index (χ2v) is 6.29. The zero-order chi connectivity index (χ0) is 20.9. The third-order valence-corrected chi connectivity index (χ3v) is 4.40. The van der Waals surface area contributed by atoms with E-state index in [9.17, 15) is 5.11 Å². The summed E-state index contributed by atoms with van der Waals surface area (Å²) in [4.78, 5) is 12.2. The minimum atomic E-state index is 0.0161. The van der Waals surface area contributed by atoms with Crippen LogP contribution < -0.4 is 14.2 Å². The van der Waals surface area contributed by atoms with Crippen LogP contribution in [-0.2, 0) is 0 Å². The maximum atomic E-state index is 11.0. The fourth-order valence-corrected chi connectivity index (χ4v) is 3.00. The standard InChI is InChI=1S/C23H19N3O4/c1-28-21-24-22(29-2)26-23(25-21)30-17-13-18(15-9-5-3-6-10-15)20(27)19(14-17)16-11-7-4-8-12-16/h3-14,27H,1-2H3. The molecule has 1 heterocycles. The van der Waals surface area contributed by atoms with Gasteiger partial charge in [-0.3, -0.25) is 0 Å². The van der Waals surface area contributed by atoms with E-state index in [1.807, 2.05) is 60.7 Å².